The van der Waals surface area contributed by atoms with E-state index >= 15 is 0 Å². The maximum Gasteiger partial charge on any atom is 0.255 e. The third-order valence-electron chi connectivity index (χ3n) is 5.57. The van der Waals surface area contributed by atoms with Gasteiger partial charge in [0.1, 0.15) is 12.4 Å². The number of fused-ring (bicyclic) bond motifs is 1. The van der Waals surface area contributed by atoms with Gasteiger partial charge in [-0.15, -0.1) is 0 Å². The molecule has 1 aliphatic heterocycles. The van der Waals surface area contributed by atoms with Crippen LogP contribution in [0.25, 0.3) is 0 Å². The van der Waals surface area contributed by atoms with Crippen LogP contribution in [0, 0.1) is 12.8 Å². The highest BCUT2D eigenvalue weighted by Gasteiger charge is 2.27. The van der Waals surface area contributed by atoms with E-state index in [1.54, 1.807) is 12.1 Å². The minimum Gasteiger partial charge on any atom is -0.492 e. The van der Waals surface area contributed by atoms with Crippen molar-refractivity contribution < 1.29 is 14.3 Å². The zero-order valence-corrected chi connectivity index (χ0v) is 17.7. The maximum absolute atomic E-state index is 12.8. The molecule has 0 saturated heterocycles. The van der Waals surface area contributed by atoms with E-state index in [-0.39, 0.29) is 23.8 Å². The number of amides is 2. The summed E-state index contributed by atoms with van der Waals surface area (Å²) in [5.41, 5.74) is 4.38. The third-order valence-corrected chi connectivity index (χ3v) is 5.57. The summed E-state index contributed by atoms with van der Waals surface area (Å²) in [6.45, 7) is 4.30. The van der Waals surface area contributed by atoms with Gasteiger partial charge in [-0.05, 0) is 61.7 Å². The first-order valence-electron chi connectivity index (χ1n) is 10.5. The molecule has 0 aromatic heterocycles. The highest BCUT2D eigenvalue weighted by Crippen LogP contribution is 2.30. The second-order valence-corrected chi connectivity index (χ2v) is 8.00. The molecule has 0 saturated carbocycles. The van der Waals surface area contributed by atoms with Crippen molar-refractivity contribution in [3.8, 4) is 5.75 Å². The molecular formula is C26H26N2O3. The van der Waals surface area contributed by atoms with Gasteiger partial charge in [-0.2, -0.15) is 0 Å². The highest BCUT2D eigenvalue weighted by molar-refractivity contribution is 6.04. The van der Waals surface area contributed by atoms with Gasteiger partial charge < -0.3 is 15.4 Å². The number of rotatable bonds is 5. The molecule has 0 spiro atoms. The first-order valence-corrected chi connectivity index (χ1v) is 10.5. The molecule has 0 radical (unpaired) electrons. The third kappa shape index (κ3) is 4.94. The highest BCUT2D eigenvalue weighted by atomic mass is 16.5. The average molecular weight is 415 g/mol. The van der Waals surface area contributed by atoms with Crippen molar-refractivity contribution in [3.63, 3.8) is 0 Å². The second kappa shape index (κ2) is 9.04. The number of carbonyl (C=O) groups is 2. The molecule has 0 bridgehead atoms. The van der Waals surface area contributed by atoms with Crippen molar-refractivity contribution >= 4 is 17.5 Å². The maximum atomic E-state index is 12.8. The summed E-state index contributed by atoms with van der Waals surface area (Å²) < 4.78 is 5.83. The van der Waals surface area contributed by atoms with Crippen LogP contribution in [0.4, 0.5) is 5.69 Å². The molecule has 158 valence electrons. The zero-order valence-electron chi connectivity index (χ0n) is 17.7. The summed E-state index contributed by atoms with van der Waals surface area (Å²) in [5.74, 6) is 0.286. The van der Waals surface area contributed by atoms with Crippen LogP contribution in [0.3, 0.4) is 0 Å². The molecule has 3 aromatic carbocycles. The lowest BCUT2D eigenvalue weighted by Crippen LogP contribution is -2.38. The largest absolute Gasteiger partial charge is 0.492 e. The van der Waals surface area contributed by atoms with Gasteiger partial charge in [0.15, 0.2) is 0 Å². The number of hydrogen-bond acceptors (Lipinski definition) is 3. The van der Waals surface area contributed by atoms with E-state index in [4.69, 9.17) is 4.74 Å². The molecule has 5 nitrogen and oxygen atoms in total. The summed E-state index contributed by atoms with van der Waals surface area (Å²) in [4.78, 5) is 25.3. The van der Waals surface area contributed by atoms with Crippen molar-refractivity contribution in [1.29, 1.82) is 0 Å². The molecule has 3 aromatic rings. The Hall–Kier alpha value is -3.60. The first kappa shape index (κ1) is 20.7. The monoisotopic (exact) mass is 414 g/mol. The van der Waals surface area contributed by atoms with Gasteiger partial charge in [0, 0.05) is 11.3 Å². The number of hydrogen-bond donors (Lipinski definition) is 2. The van der Waals surface area contributed by atoms with Gasteiger partial charge in [-0.25, -0.2) is 0 Å². The molecule has 31 heavy (non-hydrogen) atoms. The van der Waals surface area contributed by atoms with E-state index in [2.05, 4.69) is 10.6 Å². The van der Waals surface area contributed by atoms with Gasteiger partial charge in [0.25, 0.3) is 5.91 Å². The molecule has 0 aliphatic carbocycles. The Kier molecular flexibility index (Phi) is 6.03. The smallest absolute Gasteiger partial charge is 0.255 e. The number of carbonyl (C=O) groups excluding carboxylic acids is 2. The number of aryl methyl sites for hydroxylation is 1. The van der Waals surface area contributed by atoms with Crippen LogP contribution in [0.5, 0.6) is 5.75 Å². The topological polar surface area (TPSA) is 67.4 Å². The Morgan fingerprint density at radius 3 is 2.48 bits per heavy atom. The van der Waals surface area contributed by atoms with Gasteiger partial charge in [0.2, 0.25) is 5.91 Å². The molecule has 4 rings (SSSR count). The van der Waals surface area contributed by atoms with Crippen molar-refractivity contribution in [2.75, 3.05) is 11.9 Å². The summed E-state index contributed by atoms with van der Waals surface area (Å²) in [6, 6.07) is 22.8. The van der Waals surface area contributed by atoms with E-state index in [1.807, 2.05) is 74.5 Å². The first-order chi connectivity index (χ1) is 15.0. The quantitative estimate of drug-likeness (QED) is 0.637. The van der Waals surface area contributed by atoms with E-state index in [9.17, 15) is 9.59 Å². The van der Waals surface area contributed by atoms with E-state index in [0.717, 1.165) is 22.4 Å². The number of nitrogens with one attached hydrogen (secondary N) is 2. The van der Waals surface area contributed by atoms with Crippen LogP contribution in [0.2, 0.25) is 0 Å². The van der Waals surface area contributed by atoms with Crippen molar-refractivity contribution in [2.45, 2.75) is 26.3 Å². The fourth-order valence-corrected chi connectivity index (χ4v) is 3.71. The molecule has 2 N–H and O–H groups in total. The Morgan fingerprint density at radius 1 is 1.00 bits per heavy atom. The molecule has 0 fully saturated rings. The molecule has 1 aliphatic rings. The van der Waals surface area contributed by atoms with Crippen LogP contribution in [-0.2, 0) is 11.2 Å². The lowest BCUT2D eigenvalue weighted by atomic mass is 9.95. The predicted molar refractivity (Wildman–Crippen MR) is 121 cm³/mol. The average Bonchev–Trinajstić information content (AvgIpc) is 2.79. The van der Waals surface area contributed by atoms with Gasteiger partial charge in [0.05, 0.1) is 12.0 Å². The molecule has 1 heterocycles. The zero-order chi connectivity index (χ0) is 21.8. The number of anilines is 1. The fourth-order valence-electron chi connectivity index (χ4n) is 3.71. The summed E-state index contributed by atoms with van der Waals surface area (Å²) >= 11 is 0. The van der Waals surface area contributed by atoms with Crippen molar-refractivity contribution in [1.82, 2.24) is 5.32 Å². The van der Waals surface area contributed by atoms with Crippen molar-refractivity contribution in [2.24, 2.45) is 5.92 Å². The molecule has 2 atom stereocenters. The van der Waals surface area contributed by atoms with E-state index in [0.29, 0.717) is 24.3 Å². The lowest BCUT2D eigenvalue weighted by molar-refractivity contribution is -0.126. The summed E-state index contributed by atoms with van der Waals surface area (Å²) in [7, 11) is 0. The standard InChI is InChI=1S/C26H26N2O3/c1-17-8-10-20(11-9-17)25(29)28-23-12-13-24-21(15-23)14-22(16-31-24)26(30)27-18(2)19-6-4-3-5-7-19/h3-13,15,18,22H,14,16H2,1-2H3,(H,27,30)(H,28,29)/t18-,22-/m1/s1. The SMILES string of the molecule is Cc1ccc(C(=O)Nc2ccc3c(c2)C[C@@H](C(=O)N[C@H](C)c2ccccc2)CO3)cc1. The van der Waals surface area contributed by atoms with E-state index < -0.39 is 0 Å². The van der Waals surface area contributed by atoms with Crippen molar-refractivity contribution in [3.05, 3.63) is 95.1 Å². The molecule has 5 heteroatoms. The predicted octanol–water partition coefficient (Wildman–Crippen LogP) is 4.68. The number of benzene rings is 3. The van der Waals surface area contributed by atoms with Gasteiger partial charge in [-0.1, -0.05) is 48.0 Å². The fraction of sp³-hybridized carbons (Fsp3) is 0.231. The Bertz CT molecular complexity index is 1080. The molecule has 2 amide bonds. The Labute approximate surface area is 182 Å². The van der Waals surface area contributed by atoms with Gasteiger partial charge in [-0.3, -0.25) is 9.59 Å². The van der Waals surface area contributed by atoms with Crippen LogP contribution < -0.4 is 15.4 Å². The minimum atomic E-state index is -0.276. The minimum absolute atomic E-state index is 0.0314. The second-order valence-electron chi connectivity index (χ2n) is 8.00. The molecule has 0 unspecified atom stereocenters. The van der Waals surface area contributed by atoms with Crippen LogP contribution in [0.1, 0.15) is 40.0 Å². The van der Waals surface area contributed by atoms with Crippen LogP contribution in [-0.4, -0.2) is 18.4 Å². The lowest BCUT2D eigenvalue weighted by Gasteiger charge is -2.26. The summed E-state index contributed by atoms with van der Waals surface area (Å²) in [5, 5.41) is 6.01. The molecular weight excluding hydrogens is 388 g/mol. The normalized spacial score (nSPS) is 15.9. The van der Waals surface area contributed by atoms with Crippen LogP contribution in [0.15, 0.2) is 72.8 Å². The number of ether oxygens (including phenoxy) is 1. The summed E-state index contributed by atoms with van der Waals surface area (Å²) in [6.07, 6.45) is 0.566. The van der Waals surface area contributed by atoms with Crippen LogP contribution >= 0.6 is 0 Å². The Balaban J connectivity index is 1.41. The van der Waals surface area contributed by atoms with E-state index in [1.165, 1.54) is 0 Å². The van der Waals surface area contributed by atoms with Gasteiger partial charge >= 0.3 is 0 Å². The Morgan fingerprint density at radius 2 is 1.74 bits per heavy atom.